The molecule has 1 unspecified atom stereocenters. The molecule has 4 heteroatoms. The molecule has 0 fully saturated rings. The summed E-state index contributed by atoms with van der Waals surface area (Å²) < 4.78 is 0. The Morgan fingerprint density at radius 1 is 1.24 bits per heavy atom. The molecule has 1 aromatic carbocycles. The fraction of sp³-hybridized carbons (Fsp3) is 0.538. The van der Waals surface area contributed by atoms with Gasteiger partial charge in [0.2, 0.25) is 0 Å². The van der Waals surface area contributed by atoms with E-state index in [0.717, 1.165) is 5.56 Å². The zero-order valence-corrected chi connectivity index (χ0v) is 10.4. The second kappa shape index (κ2) is 6.94. The summed E-state index contributed by atoms with van der Waals surface area (Å²) in [5.41, 5.74) is 10.3. The number of nitrogens with zero attached hydrogens (tertiary/aromatic N) is 3. The molecule has 0 aliphatic carbocycles. The van der Waals surface area contributed by atoms with Crippen LogP contribution in [0.15, 0.2) is 29.4 Å². The molecule has 92 valence electrons. The van der Waals surface area contributed by atoms with Crippen molar-refractivity contribution < 1.29 is 5.11 Å². The number of hydrogen-bond donors (Lipinski definition) is 1. The lowest BCUT2D eigenvalue weighted by Gasteiger charge is -2.12. The van der Waals surface area contributed by atoms with Gasteiger partial charge in [-0.15, -0.1) is 0 Å². The molecular formula is C13H19N3O. The van der Waals surface area contributed by atoms with Crippen LogP contribution in [0, 0.1) is 0 Å². The maximum absolute atomic E-state index is 9.91. The summed E-state index contributed by atoms with van der Waals surface area (Å²) in [4.78, 5) is 2.68. The topological polar surface area (TPSA) is 69.0 Å². The van der Waals surface area contributed by atoms with E-state index in [9.17, 15) is 5.11 Å². The van der Waals surface area contributed by atoms with Crippen LogP contribution >= 0.6 is 0 Å². The Bertz CT molecular complexity index is 380. The quantitative estimate of drug-likeness (QED) is 0.344. The van der Waals surface area contributed by atoms with E-state index < -0.39 is 6.10 Å². The van der Waals surface area contributed by atoms with Gasteiger partial charge in [0.1, 0.15) is 0 Å². The fourth-order valence-corrected chi connectivity index (χ4v) is 1.67. The van der Waals surface area contributed by atoms with E-state index in [1.807, 2.05) is 12.1 Å². The maximum atomic E-state index is 9.91. The third-order valence-corrected chi connectivity index (χ3v) is 2.79. The summed E-state index contributed by atoms with van der Waals surface area (Å²) in [6, 6.07) is 8.04. The smallest absolute Gasteiger partial charge is 0.0790 e. The Morgan fingerprint density at radius 3 is 2.35 bits per heavy atom. The number of rotatable bonds is 6. The van der Waals surface area contributed by atoms with Crippen LogP contribution in [0.25, 0.3) is 10.4 Å². The number of azide groups is 1. The molecule has 1 atom stereocenters. The summed E-state index contributed by atoms with van der Waals surface area (Å²) in [7, 11) is 0. The average Bonchev–Trinajstić information content (AvgIpc) is 2.34. The first-order chi connectivity index (χ1) is 8.15. The van der Waals surface area contributed by atoms with Gasteiger partial charge in [-0.2, -0.15) is 0 Å². The largest absolute Gasteiger partial charge is 0.388 e. The Morgan fingerprint density at radius 2 is 1.82 bits per heavy atom. The van der Waals surface area contributed by atoms with Crippen molar-refractivity contribution in [3.8, 4) is 0 Å². The van der Waals surface area contributed by atoms with Crippen LogP contribution < -0.4 is 0 Å². The first-order valence-electron chi connectivity index (χ1n) is 5.94. The van der Waals surface area contributed by atoms with Crippen LogP contribution in [0.3, 0.4) is 0 Å². The van der Waals surface area contributed by atoms with E-state index >= 15 is 0 Å². The second-order valence-corrected chi connectivity index (χ2v) is 4.43. The highest BCUT2D eigenvalue weighted by Gasteiger charge is 2.07. The Balaban J connectivity index is 2.51. The highest BCUT2D eigenvalue weighted by Crippen LogP contribution is 2.21. The Hall–Kier alpha value is -1.51. The van der Waals surface area contributed by atoms with E-state index in [-0.39, 0.29) is 0 Å². The van der Waals surface area contributed by atoms with Crippen molar-refractivity contribution in [1.82, 2.24) is 0 Å². The van der Waals surface area contributed by atoms with Gasteiger partial charge in [-0.3, -0.25) is 0 Å². The van der Waals surface area contributed by atoms with E-state index in [0.29, 0.717) is 25.3 Å². The molecule has 4 nitrogen and oxygen atoms in total. The van der Waals surface area contributed by atoms with Gasteiger partial charge in [-0.05, 0) is 35.4 Å². The molecule has 0 heterocycles. The third kappa shape index (κ3) is 4.47. The first kappa shape index (κ1) is 13.6. The molecular weight excluding hydrogens is 214 g/mol. The number of aliphatic hydroxyl groups excluding tert-OH is 1. The molecule has 1 aromatic rings. The van der Waals surface area contributed by atoms with Gasteiger partial charge in [-0.1, -0.05) is 43.2 Å². The van der Waals surface area contributed by atoms with Crippen LogP contribution in [0.5, 0.6) is 0 Å². The molecule has 0 aliphatic rings. The molecule has 1 N–H and O–H groups in total. The zero-order chi connectivity index (χ0) is 12.7. The van der Waals surface area contributed by atoms with Gasteiger partial charge in [-0.25, -0.2) is 0 Å². The van der Waals surface area contributed by atoms with Crippen LogP contribution in [0.4, 0.5) is 0 Å². The molecule has 0 saturated heterocycles. The predicted octanol–water partition coefficient (Wildman–Crippen LogP) is 3.93. The van der Waals surface area contributed by atoms with Crippen molar-refractivity contribution >= 4 is 0 Å². The van der Waals surface area contributed by atoms with Gasteiger partial charge in [0, 0.05) is 11.5 Å². The number of aliphatic hydroxyl groups is 1. The molecule has 0 radical (unpaired) electrons. The average molecular weight is 233 g/mol. The van der Waals surface area contributed by atoms with Crippen molar-refractivity contribution in [1.29, 1.82) is 0 Å². The molecule has 0 amide bonds. The molecule has 0 aliphatic heterocycles. The van der Waals surface area contributed by atoms with Crippen molar-refractivity contribution in [2.75, 3.05) is 6.54 Å². The summed E-state index contributed by atoms with van der Waals surface area (Å²) in [5.74, 6) is 0.506. The lowest BCUT2D eigenvalue weighted by molar-refractivity contribution is 0.165. The highest BCUT2D eigenvalue weighted by atomic mass is 16.3. The summed E-state index contributed by atoms with van der Waals surface area (Å²) in [6.07, 6.45) is 0.863. The normalized spacial score (nSPS) is 12.2. The van der Waals surface area contributed by atoms with Crippen molar-refractivity contribution in [2.24, 2.45) is 5.11 Å². The van der Waals surface area contributed by atoms with Crippen molar-refractivity contribution in [3.63, 3.8) is 0 Å². The Labute approximate surface area is 102 Å². The molecule has 1 rings (SSSR count). The molecule has 0 aromatic heterocycles. The maximum Gasteiger partial charge on any atom is 0.0790 e. The molecule has 0 bridgehead atoms. The van der Waals surface area contributed by atoms with E-state index in [1.54, 1.807) is 0 Å². The first-order valence-corrected chi connectivity index (χ1v) is 5.94. The van der Waals surface area contributed by atoms with Gasteiger partial charge in [0.05, 0.1) is 6.10 Å². The van der Waals surface area contributed by atoms with Gasteiger partial charge < -0.3 is 5.11 Å². The van der Waals surface area contributed by atoms with E-state index in [1.165, 1.54) is 5.56 Å². The summed E-state index contributed by atoms with van der Waals surface area (Å²) in [5, 5.41) is 13.4. The van der Waals surface area contributed by atoms with Crippen LogP contribution in [-0.4, -0.2) is 11.7 Å². The van der Waals surface area contributed by atoms with E-state index in [2.05, 4.69) is 36.0 Å². The van der Waals surface area contributed by atoms with Crippen LogP contribution in [0.2, 0.25) is 0 Å². The monoisotopic (exact) mass is 233 g/mol. The van der Waals surface area contributed by atoms with Crippen LogP contribution in [0.1, 0.15) is 49.8 Å². The lowest BCUT2D eigenvalue weighted by atomic mass is 9.98. The van der Waals surface area contributed by atoms with Crippen molar-refractivity contribution in [2.45, 2.75) is 38.7 Å². The SMILES string of the molecule is CC(C)c1ccc(C(O)CCCN=[N+]=[N-])cc1. The zero-order valence-electron chi connectivity index (χ0n) is 10.4. The summed E-state index contributed by atoms with van der Waals surface area (Å²) >= 11 is 0. The molecule has 17 heavy (non-hydrogen) atoms. The van der Waals surface area contributed by atoms with Gasteiger partial charge >= 0.3 is 0 Å². The van der Waals surface area contributed by atoms with Crippen LogP contribution in [-0.2, 0) is 0 Å². The fourth-order valence-electron chi connectivity index (χ4n) is 1.67. The lowest BCUT2D eigenvalue weighted by Crippen LogP contribution is -1.99. The second-order valence-electron chi connectivity index (χ2n) is 4.43. The predicted molar refractivity (Wildman–Crippen MR) is 68.7 cm³/mol. The summed E-state index contributed by atoms with van der Waals surface area (Å²) in [6.45, 7) is 4.73. The standard InChI is InChI=1S/C13H19N3O/c1-10(2)11-5-7-12(8-6-11)13(17)4-3-9-15-16-14/h5-8,10,13,17H,3-4,9H2,1-2H3. The minimum absolute atomic E-state index is 0.442. The number of hydrogen-bond acceptors (Lipinski definition) is 2. The third-order valence-electron chi connectivity index (χ3n) is 2.79. The Kier molecular flexibility index (Phi) is 5.53. The van der Waals surface area contributed by atoms with Crippen molar-refractivity contribution in [3.05, 3.63) is 45.8 Å². The minimum atomic E-state index is -0.467. The minimum Gasteiger partial charge on any atom is -0.388 e. The molecule has 0 saturated carbocycles. The highest BCUT2D eigenvalue weighted by molar-refractivity contribution is 5.26. The molecule has 0 spiro atoms. The van der Waals surface area contributed by atoms with E-state index in [4.69, 9.17) is 5.53 Å². The van der Waals surface area contributed by atoms with Gasteiger partial charge in [0.25, 0.3) is 0 Å². The van der Waals surface area contributed by atoms with Gasteiger partial charge in [0.15, 0.2) is 0 Å². The number of benzene rings is 1.